The van der Waals surface area contributed by atoms with Crippen LogP contribution in [0.4, 0.5) is 5.82 Å². The number of ether oxygens (including phenoxy) is 1. The summed E-state index contributed by atoms with van der Waals surface area (Å²) in [6, 6.07) is 6.79. The van der Waals surface area contributed by atoms with Gasteiger partial charge >= 0.3 is 5.97 Å². The number of aromatic nitrogens is 1. The number of hydrogen-bond donors (Lipinski definition) is 3. The molecule has 0 radical (unpaired) electrons. The minimum absolute atomic E-state index is 0.226. The Morgan fingerprint density at radius 3 is 2.90 bits per heavy atom. The number of carbonyl (C=O) groups excluding carboxylic acids is 1. The molecule has 0 atom stereocenters. The molecule has 0 saturated carbocycles. The Hall–Kier alpha value is -3.94. The van der Waals surface area contributed by atoms with E-state index in [1.165, 1.54) is 6.92 Å². The topological polar surface area (TPSA) is 113 Å². The van der Waals surface area contributed by atoms with Crippen LogP contribution in [0.5, 0.6) is 5.75 Å². The van der Waals surface area contributed by atoms with Gasteiger partial charge in [0.2, 0.25) is 5.91 Å². The Bertz CT molecular complexity index is 1090. The van der Waals surface area contributed by atoms with Gasteiger partial charge in [-0.2, -0.15) is 0 Å². The van der Waals surface area contributed by atoms with Gasteiger partial charge < -0.3 is 20.5 Å². The molecule has 160 valence electrons. The first-order valence-corrected chi connectivity index (χ1v) is 9.73. The predicted molar refractivity (Wildman–Crippen MR) is 119 cm³/mol. The zero-order valence-corrected chi connectivity index (χ0v) is 17.4. The predicted octanol–water partition coefficient (Wildman–Crippen LogP) is 3.41. The SMILES string of the molecule is C=C(N=C/C=C(\C)c1cnc(NCc2cccc(C(=O)O)c2)c2c1OCC2)NC(C)=O. The van der Waals surface area contributed by atoms with E-state index in [4.69, 9.17) is 9.84 Å². The summed E-state index contributed by atoms with van der Waals surface area (Å²) in [5.41, 5.74) is 3.86. The molecule has 0 bridgehead atoms. The van der Waals surface area contributed by atoms with Crippen LogP contribution >= 0.6 is 0 Å². The molecule has 0 saturated heterocycles. The van der Waals surface area contributed by atoms with Crippen molar-refractivity contribution in [2.75, 3.05) is 11.9 Å². The molecule has 1 aromatic heterocycles. The molecular weight excluding hydrogens is 396 g/mol. The lowest BCUT2D eigenvalue weighted by atomic mass is 10.0. The lowest BCUT2D eigenvalue weighted by Gasteiger charge is -2.13. The Morgan fingerprint density at radius 1 is 1.35 bits per heavy atom. The zero-order valence-electron chi connectivity index (χ0n) is 17.4. The van der Waals surface area contributed by atoms with Crippen molar-refractivity contribution >= 4 is 29.5 Å². The number of rotatable bonds is 8. The number of anilines is 1. The van der Waals surface area contributed by atoms with Gasteiger partial charge in [0.25, 0.3) is 0 Å². The molecule has 2 heterocycles. The number of nitrogens with one attached hydrogen (secondary N) is 2. The largest absolute Gasteiger partial charge is 0.492 e. The number of carbonyl (C=O) groups is 2. The van der Waals surface area contributed by atoms with Crippen molar-refractivity contribution < 1.29 is 19.4 Å². The maximum atomic E-state index is 11.2. The summed E-state index contributed by atoms with van der Waals surface area (Å²) < 4.78 is 5.86. The number of amides is 1. The van der Waals surface area contributed by atoms with Gasteiger partial charge in [0, 0.05) is 43.4 Å². The summed E-state index contributed by atoms with van der Waals surface area (Å²) in [5.74, 6) is 0.584. The zero-order chi connectivity index (χ0) is 22.4. The van der Waals surface area contributed by atoms with Crippen molar-refractivity contribution in [3.8, 4) is 5.75 Å². The van der Waals surface area contributed by atoms with Crippen molar-refractivity contribution in [1.82, 2.24) is 10.3 Å². The van der Waals surface area contributed by atoms with Crippen LogP contribution in [0.15, 0.2) is 53.9 Å². The number of carboxylic acid groups (broad SMARTS) is 1. The monoisotopic (exact) mass is 420 g/mol. The van der Waals surface area contributed by atoms with E-state index in [1.54, 1.807) is 36.7 Å². The van der Waals surface area contributed by atoms with E-state index in [-0.39, 0.29) is 17.3 Å². The Morgan fingerprint density at radius 2 is 2.16 bits per heavy atom. The fourth-order valence-corrected chi connectivity index (χ4v) is 3.19. The summed E-state index contributed by atoms with van der Waals surface area (Å²) >= 11 is 0. The van der Waals surface area contributed by atoms with Crippen molar-refractivity contribution in [3.05, 3.63) is 71.2 Å². The Kier molecular flexibility index (Phi) is 6.81. The highest BCUT2D eigenvalue weighted by atomic mass is 16.5. The molecule has 2 aromatic rings. The Balaban J connectivity index is 1.75. The second-order valence-electron chi connectivity index (χ2n) is 7.04. The average Bonchev–Trinajstić information content (AvgIpc) is 3.21. The third-order valence-corrected chi connectivity index (χ3v) is 4.66. The smallest absolute Gasteiger partial charge is 0.335 e. The highest BCUT2D eigenvalue weighted by Gasteiger charge is 2.22. The number of benzene rings is 1. The molecule has 0 aliphatic carbocycles. The van der Waals surface area contributed by atoms with E-state index in [1.807, 2.05) is 13.0 Å². The van der Waals surface area contributed by atoms with Crippen LogP contribution in [0.1, 0.15) is 40.9 Å². The molecule has 0 spiro atoms. The summed E-state index contributed by atoms with van der Waals surface area (Å²) in [6.07, 6.45) is 5.84. The van der Waals surface area contributed by atoms with Gasteiger partial charge in [0.15, 0.2) is 0 Å². The first kappa shape index (κ1) is 21.8. The van der Waals surface area contributed by atoms with Gasteiger partial charge in [-0.3, -0.25) is 4.79 Å². The second-order valence-corrected chi connectivity index (χ2v) is 7.04. The van der Waals surface area contributed by atoms with Crippen LogP contribution in [0, 0.1) is 0 Å². The first-order valence-electron chi connectivity index (χ1n) is 9.73. The van der Waals surface area contributed by atoms with Crippen LogP contribution in [-0.2, 0) is 17.8 Å². The molecule has 8 heteroatoms. The number of aromatic carboxylic acids is 1. The molecule has 1 aromatic carbocycles. The maximum absolute atomic E-state index is 11.2. The minimum Gasteiger partial charge on any atom is -0.492 e. The van der Waals surface area contributed by atoms with Gasteiger partial charge in [-0.25, -0.2) is 14.8 Å². The van der Waals surface area contributed by atoms with E-state index >= 15 is 0 Å². The number of pyridine rings is 1. The standard InChI is InChI=1S/C23H24N4O4/c1-14(7-9-24-15(2)27-16(3)28)20-13-26-22(19-8-10-31-21(19)20)25-12-17-5-4-6-18(11-17)23(29)30/h4-7,9,11,13H,2,8,10,12H2,1,3H3,(H,25,26)(H,27,28)(H,29,30)/b14-7+,24-9?. The number of nitrogens with zero attached hydrogens (tertiary/aromatic N) is 2. The fraction of sp³-hybridized carbons (Fsp3) is 0.217. The van der Waals surface area contributed by atoms with Gasteiger partial charge in [-0.05, 0) is 36.3 Å². The highest BCUT2D eigenvalue weighted by molar-refractivity contribution is 5.88. The van der Waals surface area contributed by atoms with Crippen LogP contribution in [-0.4, -0.2) is 34.8 Å². The van der Waals surface area contributed by atoms with E-state index in [9.17, 15) is 9.59 Å². The first-order chi connectivity index (χ1) is 14.8. The van der Waals surface area contributed by atoms with E-state index in [0.717, 1.165) is 40.3 Å². The average molecular weight is 420 g/mol. The number of aliphatic imine (C=N–C) groups is 1. The minimum atomic E-state index is -0.954. The van der Waals surface area contributed by atoms with Crippen molar-refractivity contribution in [1.29, 1.82) is 0 Å². The number of allylic oxidation sites excluding steroid dienone is 2. The van der Waals surface area contributed by atoms with E-state index < -0.39 is 5.97 Å². The quantitative estimate of drug-likeness (QED) is 0.564. The fourth-order valence-electron chi connectivity index (χ4n) is 3.19. The summed E-state index contributed by atoms with van der Waals surface area (Å²) in [4.78, 5) is 30.8. The van der Waals surface area contributed by atoms with Crippen molar-refractivity contribution in [2.24, 2.45) is 4.99 Å². The Labute approximate surface area is 180 Å². The van der Waals surface area contributed by atoms with Crippen molar-refractivity contribution in [2.45, 2.75) is 26.8 Å². The third kappa shape index (κ3) is 5.57. The van der Waals surface area contributed by atoms with Gasteiger partial charge in [-0.1, -0.05) is 18.7 Å². The van der Waals surface area contributed by atoms with Crippen LogP contribution in [0.2, 0.25) is 0 Å². The molecule has 8 nitrogen and oxygen atoms in total. The van der Waals surface area contributed by atoms with Crippen LogP contribution in [0.25, 0.3) is 5.57 Å². The molecule has 31 heavy (non-hydrogen) atoms. The summed E-state index contributed by atoms with van der Waals surface area (Å²) in [6.45, 7) is 8.00. The third-order valence-electron chi connectivity index (χ3n) is 4.66. The van der Waals surface area contributed by atoms with Crippen LogP contribution < -0.4 is 15.4 Å². The van der Waals surface area contributed by atoms with Crippen molar-refractivity contribution in [3.63, 3.8) is 0 Å². The normalized spacial score (nSPS) is 12.9. The summed E-state index contributed by atoms with van der Waals surface area (Å²) in [7, 11) is 0. The number of carboxylic acids is 1. The molecular formula is C23H24N4O4. The summed E-state index contributed by atoms with van der Waals surface area (Å²) in [5, 5.41) is 14.9. The lowest BCUT2D eigenvalue weighted by Crippen LogP contribution is -2.16. The lowest BCUT2D eigenvalue weighted by molar-refractivity contribution is -0.118. The molecule has 0 fully saturated rings. The molecule has 1 amide bonds. The number of hydrogen-bond acceptors (Lipinski definition) is 6. The highest BCUT2D eigenvalue weighted by Crippen LogP contribution is 2.37. The number of fused-ring (bicyclic) bond motifs is 1. The van der Waals surface area contributed by atoms with Gasteiger partial charge in [-0.15, -0.1) is 0 Å². The second kappa shape index (κ2) is 9.71. The van der Waals surface area contributed by atoms with E-state index in [2.05, 4.69) is 27.2 Å². The van der Waals surface area contributed by atoms with Gasteiger partial charge in [0.1, 0.15) is 17.4 Å². The molecule has 1 aliphatic heterocycles. The van der Waals surface area contributed by atoms with E-state index in [0.29, 0.717) is 13.2 Å². The maximum Gasteiger partial charge on any atom is 0.335 e. The molecule has 3 N–H and O–H groups in total. The molecule has 3 rings (SSSR count). The van der Waals surface area contributed by atoms with Crippen LogP contribution in [0.3, 0.4) is 0 Å². The van der Waals surface area contributed by atoms with Gasteiger partial charge in [0.05, 0.1) is 12.2 Å². The molecule has 0 unspecified atom stereocenters. The molecule has 1 aliphatic rings.